The molecule has 1 amide bonds. The van der Waals surface area contributed by atoms with Gasteiger partial charge in [0.15, 0.2) is 6.61 Å². The lowest BCUT2D eigenvalue weighted by Gasteiger charge is -2.16. The number of hydrogen-bond acceptors (Lipinski definition) is 3. The molecule has 0 aliphatic rings. The molecule has 0 saturated carbocycles. The number of benzene rings is 1. The molecule has 0 aliphatic carbocycles. The van der Waals surface area contributed by atoms with Crippen molar-refractivity contribution in [3.63, 3.8) is 0 Å². The van der Waals surface area contributed by atoms with E-state index in [2.05, 4.69) is 0 Å². The molecule has 0 spiro atoms. The minimum atomic E-state index is -0.984. The molecule has 0 bridgehead atoms. The van der Waals surface area contributed by atoms with Crippen molar-refractivity contribution in [3.05, 3.63) is 29.0 Å². The van der Waals surface area contributed by atoms with Gasteiger partial charge in [-0.25, -0.2) is 4.39 Å². The fraction of sp³-hybridized carbons (Fsp3) is 0.333. The summed E-state index contributed by atoms with van der Waals surface area (Å²) in [6, 6.07) is 3.57. The SMILES string of the molecule is CN(CCC(=O)O)C(=O)COc1ccc(F)cc1Cl. The molecule has 5 nitrogen and oxygen atoms in total. The van der Waals surface area contributed by atoms with Gasteiger partial charge in [0.25, 0.3) is 5.91 Å². The van der Waals surface area contributed by atoms with E-state index in [1.807, 2.05) is 0 Å². The number of rotatable bonds is 6. The first kappa shape index (κ1) is 15.2. The zero-order valence-corrected chi connectivity index (χ0v) is 11.0. The molecule has 0 atom stereocenters. The lowest BCUT2D eigenvalue weighted by Crippen LogP contribution is -2.33. The smallest absolute Gasteiger partial charge is 0.305 e. The van der Waals surface area contributed by atoms with E-state index in [1.165, 1.54) is 24.1 Å². The maximum Gasteiger partial charge on any atom is 0.305 e. The van der Waals surface area contributed by atoms with E-state index >= 15 is 0 Å². The summed E-state index contributed by atoms with van der Waals surface area (Å²) in [6.07, 6.45) is -0.139. The van der Waals surface area contributed by atoms with Crippen molar-refractivity contribution < 1.29 is 23.8 Å². The summed E-state index contributed by atoms with van der Waals surface area (Å²) < 4.78 is 17.9. The average Bonchev–Trinajstić information content (AvgIpc) is 2.34. The Bertz CT molecular complexity index is 481. The first-order chi connectivity index (χ1) is 8.90. The lowest BCUT2D eigenvalue weighted by molar-refractivity contribution is -0.138. The molecule has 104 valence electrons. The minimum Gasteiger partial charge on any atom is -0.482 e. The molecule has 1 aromatic rings. The second-order valence-electron chi connectivity index (χ2n) is 3.82. The van der Waals surface area contributed by atoms with Gasteiger partial charge in [0, 0.05) is 13.6 Å². The van der Waals surface area contributed by atoms with Gasteiger partial charge in [-0.1, -0.05) is 11.6 Å². The molecule has 0 heterocycles. The van der Waals surface area contributed by atoms with Gasteiger partial charge in [0.2, 0.25) is 0 Å². The first-order valence-electron chi connectivity index (χ1n) is 5.43. The van der Waals surface area contributed by atoms with Crippen LogP contribution in [0.4, 0.5) is 4.39 Å². The van der Waals surface area contributed by atoms with Crippen LogP contribution < -0.4 is 4.74 Å². The number of hydrogen-bond donors (Lipinski definition) is 1. The van der Waals surface area contributed by atoms with Crippen molar-refractivity contribution in [3.8, 4) is 5.75 Å². The van der Waals surface area contributed by atoms with Gasteiger partial charge in [-0.05, 0) is 18.2 Å². The summed E-state index contributed by atoms with van der Waals surface area (Å²) >= 11 is 5.73. The highest BCUT2D eigenvalue weighted by Crippen LogP contribution is 2.24. The molecule has 19 heavy (non-hydrogen) atoms. The van der Waals surface area contributed by atoms with Gasteiger partial charge in [-0.3, -0.25) is 9.59 Å². The van der Waals surface area contributed by atoms with Crippen molar-refractivity contribution in [2.75, 3.05) is 20.2 Å². The van der Waals surface area contributed by atoms with Crippen LogP contribution in [0.25, 0.3) is 0 Å². The maximum absolute atomic E-state index is 12.8. The quantitative estimate of drug-likeness (QED) is 0.867. The monoisotopic (exact) mass is 289 g/mol. The van der Waals surface area contributed by atoms with Crippen LogP contribution >= 0.6 is 11.6 Å². The summed E-state index contributed by atoms with van der Waals surface area (Å²) in [6.45, 7) is -0.198. The van der Waals surface area contributed by atoms with Gasteiger partial charge in [-0.2, -0.15) is 0 Å². The Morgan fingerprint density at radius 1 is 1.47 bits per heavy atom. The number of halogens is 2. The van der Waals surface area contributed by atoms with Crippen LogP contribution in [0.15, 0.2) is 18.2 Å². The number of amides is 1. The molecule has 1 aromatic carbocycles. The van der Waals surface area contributed by atoms with Crippen molar-refractivity contribution in [2.24, 2.45) is 0 Å². The molecule has 0 radical (unpaired) electrons. The van der Waals surface area contributed by atoms with E-state index in [9.17, 15) is 14.0 Å². The number of nitrogens with zero attached hydrogens (tertiary/aromatic N) is 1. The molecule has 0 aliphatic heterocycles. The second-order valence-corrected chi connectivity index (χ2v) is 4.23. The average molecular weight is 290 g/mol. The van der Waals surface area contributed by atoms with E-state index in [0.29, 0.717) is 0 Å². The minimum absolute atomic E-state index is 0.0704. The topological polar surface area (TPSA) is 66.8 Å². The summed E-state index contributed by atoms with van der Waals surface area (Å²) in [5.41, 5.74) is 0. The molecule has 0 fully saturated rings. The highest BCUT2D eigenvalue weighted by molar-refractivity contribution is 6.32. The van der Waals surface area contributed by atoms with Gasteiger partial charge in [0.05, 0.1) is 11.4 Å². The molecule has 1 rings (SSSR count). The third-order valence-electron chi connectivity index (χ3n) is 2.33. The zero-order chi connectivity index (χ0) is 14.4. The summed E-state index contributed by atoms with van der Waals surface area (Å²) in [7, 11) is 1.47. The Kier molecular flexibility index (Phi) is 5.57. The van der Waals surface area contributed by atoms with E-state index in [1.54, 1.807) is 0 Å². The van der Waals surface area contributed by atoms with Crippen LogP contribution in [0, 0.1) is 5.82 Å². The van der Waals surface area contributed by atoms with E-state index in [-0.39, 0.29) is 36.3 Å². The number of carbonyl (C=O) groups is 2. The van der Waals surface area contributed by atoms with Gasteiger partial charge >= 0.3 is 5.97 Å². The third kappa shape index (κ3) is 5.13. The Hall–Kier alpha value is -1.82. The molecular formula is C12H13ClFNO4. The predicted molar refractivity (Wildman–Crippen MR) is 66.8 cm³/mol. The highest BCUT2D eigenvalue weighted by atomic mass is 35.5. The van der Waals surface area contributed by atoms with Gasteiger partial charge < -0.3 is 14.7 Å². The van der Waals surface area contributed by atoms with E-state index in [4.69, 9.17) is 21.4 Å². The second kappa shape index (κ2) is 6.94. The highest BCUT2D eigenvalue weighted by Gasteiger charge is 2.12. The zero-order valence-electron chi connectivity index (χ0n) is 10.2. The molecule has 7 heteroatoms. The Morgan fingerprint density at radius 2 is 2.16 bits per heavy atom. The van der Waals surface area contributed by atoms with Crippen LogP contribution in [0.3, 0.4) is 0 Å². The van der Waals surface area contributed by atoms with Crippen molar-refractivity contribution in [1.29, 1.82) is 0 Å². The van der Waals surface area contributed by atoms with Crippen molar-refractivity contribution in [2.45, 2.75) is 6.42 Å². The number of ether oxygens (including phenoxy) is 1. The molecule has 0 unspecified atom stereocenters. The number of carboxylic acid groups (broad SMARTS) is 1. The van der Waals surface area contributed by atoms with Crippen LogP contribution in [-0.4, -0.2) is 42.1 Å². The van der Waals surface area contributed by atoms with Crippen molar-refractivity contribution >= 4 is 23.5 Å². The van der Waals surface area contributed by atoms with Crippen LogP contribution in [-0.2, 0) is 9.59 Å². The Labute approximate surface area is 114 Å². The predicted octanol–water partition coefficient (Wildman–Crippen LogP) is 1.79. The summed E-state index contributed by atoms with van der Waals surface area (Å²) in [5.74, 6) is -1.67. The first-order valence-corrected chi connectivity index (χ1v) is 5.81. The fourth-order valence-electron chi connectivity index (χ4n) is 1.23. The number of carboxylic acids is 1. The van der Waals surface area contributed by atoms with Gasteiger partial charge in [0.1, 0.15) is 11.6 Å². The van der Waals surface area contributed by atoms with Crippen LogP contribution in [0.1, 0.15) is 6.42 Å². The lowest BCUT2D eigenvalue weighted by atomic mass is 10.3. The Balaban J connectivity index is 2.47. The van der Waals surface area contributed by atoms with E-state index < -0.39 is 11.8 Å². The third-order valence-corrected chi connectivity index (χ3v) is 2.63. The summed E-state index contributed by atoms with van der Waals surface area (Å²) in [5, 5.41) is 8.56. The van der Waals surface area contributed by atoms with Crippen molar-refractivity contribution in [1.82, 2.24) is 4.90 Å². The number of aliphatic carboxylic acids is 1. The number of carbonyl (C=O) groups excluding carboxylic acids is 1. The van der Waals surface area contributed by atoms with Crippen LogP contribution in [0.2, 0.25) is 5.02 Å². The normalized spacial score (nSPS) is 10.1. The summed E-state index contributed by atoms with van der Waals surface area (Å²) in [4.78, 5) is 23.2. The van der Waals surface area contributed by atoms with Gasteiger partial charge in [-0.15, -0.1) is 0 Å². The molecule has 0 aromatic heterocycles. The standard InChI is InChI=1S/C12H13ClFNO4/c1-15(5-4-12(17)18)11(16)7-19-10-3-2-8(14)6-9(10)13/h2-3,6H,4-5,7H2,1H3,(H,17,18). The fourth-order valence-corrected chi connectivity index (χ4v) is 1.45. The molecule has 1 N–H and O–H groups in total. The van der Waals surface area contributed by atoms with Crippen LogP contribution in [0.5, 0.6) is 5.75 Å². The number of likely N-dealkylation sites (N-methyl/N-ethyl adjacent to an activating group) is 1. The van der Waals surface area contributed by atoms with E-state index in [0.717, 1.165) is 6.07 Å². The largest absolute Gasteiger partial charge is 0.482 e. The molecular weight excluding hydrogens is 277 g/mol. The Morgan fingerprint density at radius 3 is 2.74 bits per heavy atom. The maximum atomic E-state index is 12.8. The molecule has 0 saturated heterocycles.